The highest BCUT2D eigenvalue weighted by Crippen LogP contribution is 2.31. The molecule has 0 unspecified atom stereocenters. The van der Waals surface area contributed by atoms with Gasteiger partial charge in [-0.15, -0.1) is 0 Å². The molecule has 1 aliphatic rings. The third-order valence-corrected chi connectivity index (χ3v) is 6.01. The average molecular weight is 411 g/mol. The van der Waals surface area contributed by atoms with Crippen LogP contribution in [0.15, 0.2) is 85.2 Å². The number of rotatable bonds is 6. The number of nitrogens with zero attached hydrogens (tertiary/aromatic N) is 3. The van der Waals surface area contributed by atoms with Crippen LogP contribution >= 0.6 is 0 Å². The zero-order chi connectivity index (χ0) is 21.5. The molecule has 1 aromatic heterocycles. The number of pyridine rings is 1. The van der Waals surface area contributed by atoms with Crippen LogP contribution < -0.4 is 5.32 Å². The van der Waals surface area contributed by atoms with Crippen molar-refractivity contribution >= 4 is 11.6 Å². The second-order valence-electron chi connectivity index (χ2n) is 8.02. The van der Waals surface area contributed by atoms with Crippen molar-refractivity contribution in [1.29, 1.82) is 5.26 Å². The van der Waals surface area contributed by atoms with Gasteiger partial charge in [0, 0.05) is 50.7 Å². The van der Waals surface area contributed by atoms with E-state index in [9.17, 15) is 10.1 Å². The van der Waals surface area contributed by atoms with Gasteiger partial charge in [-0.25, -0.2) is 0 Å². The van der Waals surface area contributed by atoms with Gasteiger partial charge in [-0.1, -0.05) is 60.7 Å². The molecule has 1 amide bonds. The van der Waals surface area contributed by atoms with Crippen molar-refractivity contribution in [2.24, 2.45) is 0 Å². The van der Waals surface area contributed by atoms with Gasteiger partial charge in [-0.2, -0.15) is 5.26 Å². The molecule has 31 heavy (non-hydrogen) atoms. The molecule has 1 saturated heterocycles. The van der Waals surface area contributed by atoms with Gasteiger partial charge < -0.3 is 10.2 Å². The minimum Gasteiger partial charge on any atom is -0.366 e. The molecule has 0 spiro atoms. The molecule has 4 rings (SSSR count). The summed E-state index contributed by atoms with van der Waals surface area (Å²) in [5.74, 6) is 0.150. The van der Waals surface area contributed by atoms with E-state index in [2.05, 4.69) is 40.6 Å². The van der Waals surface area contributed by atoms with Gasteiger partial charge in [-0.05, 0) is 23.3 Å². The largest absolute Gasteiger partial charge is 0.366 e. The first kappa shape index (κ1) is 20.6. The first-order valence-electron chi connectivity index (χ1n) is 10.7. The molecule has 0 bridgehead atoms. The standard InChI is InChI=1S/C26H26N4O/c27-20-26(29-23-12-7-15-28-19-23)13-16-30(17-14-26)25(31)18-24(21-8-3-1-4-9-21)22-10-5-2-6-11-22/h1-12,15,19,24,29H,13-14,16-18H2. The first-order valence-corrected chi connectivity index (χ1v) is 10.7. The molecule has 1 fully saturated rings. The van der Waals surface area contributed by atoms with E-state index in [1.807, 2.05) is 53.4 Å². The number of anilines is 1. The van der Waals surface area contributed by atoms with Crippen molar-refractivity contribution in [3.05, 3.63) is 96.3 Å². The minimum absolute atomic E-state index is 0.0195. The van der Waals surface area contributed by atoms with Gasteiger partial charge in [-0.3, -0.25) is 9.78 Å². The summed E-state index contributed by atoms with van der Waals surface area (Å²) in [6.45, 7) is 1.13. The fraction of sp³-hybridized carbons (Fsp3) is 0.269. The van der Waals surface area contributed by atoms with Crippen LogP contribution in [0.1, 0.15) is 36.3 Å². The first-order chi connectivity index (χ1) is 15.2. The maximum absolute atomic E-state index is 13.2. The number of carbonyl (C=O) groups excluding carboxylic acids is 1. The van der Waals surface area contributed by atoms with Crippen molar-refractivity contribution in [3.8, 4) is 6.07 Å². The molecule has 0 saturated carbocycles. The molecule has 2 heterocycles. The SMILES string of the molecule is N#CC1(Nc2cccnc2)CCN(C(=O)CC(c2ccccc2)c2ccccc2)CC1. The number of nitrogens with one attached hydrogen (secondary N) is 1. The van der Waals surface area contributed by atoms with Crippen molar-refractivity contribution in [2.45, 2.75) is 30.7 Å². The molecular weight excluding hydrogens is 384 g/mol. The Kier molecular flexibility index (Phi) is 6.28. The Labute approximate surface area is 183 Å². The Balaban J connectivity index is 1.44. The molecule has 3 aromatic rings. The van der Waals surface area contributed by atoms with Gasteiger partial charge in [0.25, 0.3) is 0 Å². The lowest BCUT2D eigenvalue weighted by Crippen LogP contribution is -2.50. The predicted octanol–water partition coefficient (Wildman–Crippen LogP) is 4.60. The van der Waals surface area contributed by atoms with Gasteiger partial charge in [0.15, 0.2) is 0 Å². The highest BCUT2D eigenvalue weighted by molar-refractivity contribution is 5.78. The van der Waals surface area contributed by atoms with Gasteiger partial charge >= 0.3 is 0 Å². The predicted molar refractivity (Wildman–Crippen MR) is 121 cm³/mol. The molecule has 0 atom stereocenters. The number of hydrogen-bond donors (Lipinski definition) is 1. The highest BCUT2D eigenvalue weighted by atomic mass is 16.2. The van der Waals surface area contributed by atoms with E-state index in [0.29, 0.717) is 32.4 Å². The molecule has 1 aliphatic heterocycles. The average Bonchev–Trinajstić information content (AvgIpc) is 2.84. The van der Waals surface area contributed by atoms with E-state index in [1.54, 1.807) is 12.4 Å². The number of piperidine rings is 1. The summed E-state index contributed by atoms with van der Waals surface area (Å²) < 4.78 is 0. The van der Waals surface area contributed by atoms with E-state index >= 15 is 0 Å². The molecule has 0 radical (unpaired) electrons. The van der Waals surface area contributed by atoms with E-state index < -0.39 is 5.54 Å². The van der Waals surface area contributed by atoms with E-state index in [-0.39, 0.29) is 11.8 Å². The van der Waals surface area contributed by atoms with Crippen LogP contribution in [-0.4, -0.2) is 34.4 Å². The van der Waals surface area contributed by atoms with Crippen LogP contribution in [0.3, 0.4) is 0 Å². The Hall–Kier alpha value is -3.65. The maximum Gasteiger partial charge on any atom is 0.223 e. The minimum atomic E-state index is -0.669. The van der Waals surface area contributed by atoms with Crippen LogP contribution in [0.5, 0.6) is 0 Å². The van der Waals surface area contributed by atoms with Crippen LogP contribution in [-0.2, 0) is 4.79 Å². The van der Waals surface area contributed by atoms with E-state index in [0.717, 1.165) is 16.8 Å². The van der Waals surface area contributed by atoms with Gasteiger partial charge in [0.1, 0.15) is 5.54 Å². The summed E-state index contributed by atoms with van der Waals surface area (Å²) in [6, 6.07) is 26.6. The zero-order valence-corrected chi connectivity index (χ0v) is 17.4. The second kappa shape index (κ2) is 9.44. The third-order valence-electron chi connectivity index (χ3n) is 6.01. The monoisotopic (exact) mass is 410 g/mol. The molecule has 5 heteroatoms. The number of likely N-dealkylation sites (tertiary alicyclic amines) is 1. The summed E-state index contributed by atoms with van der Waals surface area (Å²) in [7, 11) is 0. The number of carbonyl (C=O) groups is 1. The Morgan fingerprint density at radius 3 is 2.13 bits per heavy atom. The quantitative estimate of drug-likeness (QED) is 0.645. The summed E-state index contributed by atoms with van der Waals surface area (Å²) in [5, 5.41) is 13.2. The summed E-state index contributed by atoms with van der Waals surface area (Å²) >= 11 is 0. The highest BCUT2D eigenvalue weighted by Gasteiger charge is 2.36. The number of aromatic nitrogens is 1. The fourth-order valence-electron chi connectivity index (χ4n) is 4.22. The van der Waals surface area contributed by atoms with Crippen LogP contribution in [0.25, 0.3) is 0 Å². The topological polar surface area (TPSA) is 69.0 Å². The Morgan fingerprint density at radius 2 is 1.61 bits per heavy atom. The maximum atomic E-state index is 13.2. The van der Waals surface area contributed by atoms with Crippen molar-refractivity contribution in [3.63, 3.8) is 0 Å². The fourth-order valence-corrected chi connectivity index (χ4v) is 4.22. The Bertz CT molecular complexity index is 984. The van der Waals surface area contributed by atoms with E-state index in [4.69, 9.17) is 0 Å². The van der Waals surface area contributed by atoms with E-state index in [1.165, 1.54) is 0 Å². The summed E-state index contributed by atoms with van der Waals surface area (Å²) in [4.78, 5) is 19.2. The van der Waals surface area contributed by atoms with Gasteiger partial charge in [0.05, 0.1) is 11.8 Å². The number of hydrogen-bond acceptors (Lipinski definition) is 4. The number of benzene rings is 2. The molecule has 0 aliphatic carbocycles. The second-order valence-corrected chi connectivity index (χ2v) is 8.02. The lowest BCUT2D eigenvalue weighted by Gasteiger charge is -2.38. The smallest absolute Gasteiger partial charge is 0.223 e. The number of amides is 1. The van der Waals surface area contributed by atoms with Crippen LogP contribution in [0.4, 0.5) is 5.69 Å². The van der Waals surface area contributed by atoms with Gasteiger partial charge in [0.2, 0.25) is 5.91 Å². The number of nitriles is 1. The van der Waals surface area contributed by atoms with Crippen LogP contribution in [0, 0.1) is 11.3 Å². The molecule has 1 N–H and O–H groups in total. The zero-order valence-electron chi connectivity index (χ0n) is 17.4. The Morgan fingerprint density at radius 1 is 1.00 bits per heavy atom. The lowest BCUT2D eigenvalue weighted by molar-refractivity contribution is -0.132. The van der Waals surface area contributed by atoms with Crippen molar-refractivity contribution < 1.29 is 4.79 Å². The third kappa shape index (κ3) is 4.92. The normalized spacial score (nSPS) is 15.3. The summed E-state index contributed by atoms with van der Waals surface area (Å²) in [6.07, 6.45) is 5.03. The lowest BCUT2D eigenvalue weighted by atomic mass is 9.86. The molecule has 2 aromatic carbocycles. The molecule has 5 nitrogen and oxygen atoms in total. The summed E-state index contributed by atoms with van der Waals surface area (Å²) in [5.41, 5.74) is 2.45. The van der Waals surface area contributed by atoms with Crippen molar-refractivity contribution in [1.82, 2.24) is 9.88 Å². The molecule has 156 valence electrons. The van der Waals surface area contributed by atoms with Crippen LogP contribution in [0.2, 0.25) is 0 Å². The van der Waals surface area contributed by atoms with Crippen molar-refractivity contribution in [2.75, 3.05) is 18.4 Å². The molecular formula is C26H26N4O.